The predicted molar refractivity (Wildman–Crippen MR) is 123 cm³/mol. The SMILES string of the molecule is CN(C)c1ccc(-c2nc3c(s2)CC(O[C@H]2C[C@H](OC4CCNCC4)C2)C=C3)cc1. The van der Waals surface area contributed by atoms with Crippen LogP contribution < -0.4 is 10.2 Å². The molecule has 1 N–H and O–H groups in total. The van der Waals surface area contributed by atoms with Gasteiger partial charge in [0.15, 0.2) is 0 Å². The number of hydrogen-bond acceptors (Lipinski definition) is 6. The molecule has 1 aliphatic heterocycles. The van der Waals surface area contributed by atoms with Crippen LogP contribution in [-0.2, 0) is 15.9 Å². The molecule has 5 rings (SSSR count). The molecule has 2 aromatic rings. The van der Waals surface area contributed by atoms with Gasteiger partial charge < -0.3 is 19.7 Å². The average Bonchev–Trinajstić information content (AvgIpc) is 3.16. The van der Waals surface area contributed by atoms with Gasteiger partial charge in [-0.25, -0.2) is 4.98 Å². The first-order valence-corrected chi connectivity index (χ1v) is 11.9. The zero-order chi connectivity index (χ0) is 20.5. The standard InChI is InChI=1S/C24H31N3O2S/c1-27(2)17-5-3-16(4-6-17)24-26-22-8-7-19(15-23(22)30-24)29-21-13-20(14-21)28-18-9-11-25-12-10-18/h3-8,18-21,25H,9-15H2,1-2H3/t19?,20-,21-. The van der Waals surface area contributed by atoms with Crippen molar-refractivity contribution in [3.05, 3.63) is 40.9 Å². The Bertz CT molecular complexity index is 880. The lowest BCUT2D eigenvalue weighted by Crippen LogP contribution is -2.43. The van der Waals surface area contributed by atoms with E-state index in [1.807, 2.05) is 0 Å². The fourth-order valence-electron chi connectivity index (χ4n) is 4.40. The molecule has 3 aliphatic rings. The highest BCUT2D eigenvalue weighted by atomic mass is 32.1. The van der Waals surface area contributed by atoms with Crippen LogP contribution in [0.5, 0.6) is 0 Å². The van der Waals surface area contributed by atoms with Gasteiger partial charge in [-0.3, -0.25) is 0 Å². The molecule has 2 fully saturated rings. The molecule has 1 aromatic heterocycles. The summed E-state index contributed by atoms with van der Waals surface area (Å²) in [6, 6.07) is 8.62. The number of fused-ring (bicyclic) bond motifs is 1. The van der Waals surface area contributed by atoms with Crippen LogP contribution in [0, 0.1) is 0 Å². The van der Waals surface area contributed by atoms with E-state index in [-0.39, 0.29) is 6.10 Å². The average molecular weight is 426 g/mol. The number of piperidine rings is 1. The molecule has 5 nitrogen and oxygen atoms in total. The van der Waals surface area contributed by atoms with Crippen LogP contribution in [-0.4, -0.2) is 56.6 Å². The van der Waals surface area contributed by atoms with Crippen LogP contribution in [0.3, 0.4) is 0 Å². The quantitative estimate of drug-likeness (QED) is 0.754. The maximum atomic E-state index is 6.35. The second kappa shape index (κ2) is 8.79. The largest absolute Gasteiger partial charge is 0.378 e. The molecule has 1 unspecified atom stereocenters. The smallest absolute Gasteiger partial charge is 0.124 e. The van der Waals surface area contributed by atoms with Gasteiger partial charge in [-0.05, 0) is 69.1 Å². The summed E-state index contributed by atoms with van der Waals surface area (Å²) in [5.41, 5.74) is 3.49. The zero-order valence-corrected chi connectivity index (χ0v) is 18.7. The molecule has 30 heavy (non-hydrogen) atoms. The van der Waals surface area contributed by atoms with Crippen molar-refractivity contribution in [1.29, 1.82) is 0 Å². The Morgan fingerprint density at radius 3 is 2.47 bits per heavy atom. The minimum Gasteiger partial charge on any atom is -0.378 e. The fourth-order valence-corrected chi connectivity index (χ4v) is 5.50. The Morgan fingerprint density at radius 2 is 1.73 bits per heavy atom. The molecule has 160 valence electrons. The summed E-state index contributed by atoms with van der Waals surface area (Å²) in [5.74, 6) is 0. The number of thiazole rings is 1. The number of nitrogens with one attached hydrogen (secondary N) is 1. The van der Waals surface area contributed by atoms with Gasteiger partial charge in [-0.2, -0.15) is 0 Å². The van der Waals surface area contributed by atoms with Crippen molar-refractivity contribution >= 4 is 23.1 Å². The van der Waals surface area contributed by atoms with E-state index in [0.717, 1.165) is 55.9 Å². The van der Waals surface area contributed by atoms with Gasteiger partial charge in [-0.15, -0.1) is 11.3 Å². The number of ether oxygens (including phenoxy) is 2. The monoisotopic (exact) mass is 425 g/mol. The van der Waals surface area contributed by atoms with Crippen molar-refractivity contribution in [3.8, 4) is 10.6 Å². The van der Waals surface area contributed by atoms with Crippen molar-refractivity contribution in [3.63, 3.8) is 0 Å². The summed E-state index contributed by atoms with van der Waals surface area (Å²) in [5, 5.41) is 4.49. The number of nitrogens with zero attached hydrogens (tertiary/aromatic N) is 2. The normalized spacial score (nSPS) is 26.3. The van der Waals surface area contributed by atoms with E-state index in [0.29, 0.717) is 18.3 Å². The Kier molecular flexibility index (Phi) is 5.92. The van der Waals surface area contributed by atoms with Gasteiger partial charge in [0.05, 0.1) is 30.1 Å². The van der Waals surface area contributed by atoms with Crippen LogP contribution in [0.1, 0.15) is 36.3 Å². The van der Waals surface area contributed by atoms with Crippen LogP contribution in [0.15, 0.2) is 30.3 Å². The lowest BCUT2D eigenvalue weighted by Gasteiger charge is -2.39. The molecule has 0 bridgehead atoms. The first-order valence-electron chi connectivity index (χ1n) is 11.1. The molecule has 1 atom stereocenters. The lowest BCUT2D eigenvalue weighted by molar-refractivity contribution is -0.140. The summed E-state index contributed by atoms with van der Waals surface area (Å²) in [4.78, 5) is 8.30. The molecule has 1 saturated carbocycles. The predicted octanol–water partition coefficient (Wildman–Crippen LogP) is 4.13. The minimum absolute atomic E-state index is 0.159. The number of benzene rings is 1. The molecule has 2 aliphatic carbocycles. The van der Waals surface area contributed by atoms with Gasteiger partial charge in [0.25, 0.3) is 0 Å². The van der Waals surface area contributed by atoms with E-state index in [2.05, 4.69) is 60.7 Å². The van der Waals surface area contributed by atoms with Crippen LogP contribution >= 0.6 is 11.3 Å². The fraction of sp³-hybridized carbons (Fsp3) is 0.542. The molecular formula is C24H31N3O2S. The van der Waals surface area contributed by atoms with E-state index in [9.17, 15) is 0 Å². The van der Waals surface area contributed by atoms with Gasteiger partial charge in [0.2, 0.25) is 0 Å². The van der Waals surface area contributed by atoms with Gasteiger partial charge in [-0.1, -0.05) is 6.08 Å². The first kappa shape index (κ1) is 20.2. The summed E-state index contributed by atoms with van der Waals surface area (Å²) in [6.07, 6.45) is 10.9. The third kappa shape index (κ3) is 4.47. The van der Waals surface area contributed by atoms with Crippen LogP contribution in [0.2, 0.25) is 0 Å². The Morgan fingerprint density at radius 1 is 1.00 bits per heavy atom. The van der Waals surface area contributed by atoms with Crippen LogP contribution in [0.4, 0.5) is 5.69 Å². The van der Waals surface area contributed by atoms with Crippen molar-refractivity contribution in [2.24, 2.45) is 0 Å². The van der Waals surface area contributed by atoms with E-state index >= 15 is 0 Å². The Balaban J connectivity index is 1.14. The van der Waals surface area contributed by atoms with Gasteiger partial charge >= 0.3 is 0 Å². The first-order chi connectivity index (χ1) is 14.6. The van der Waals surface area contributed by atoms with Gasteiger partial charge in [0, 0.05) is 36.6 Å². The maximum absolute atomic E-state index is 6.35. The zero-order valence-electron chi connectivity index (χ0n) is 17.8. The highest BCUT2D eigenvalue weighted by molar-refractivity contribution is 7.15. The Hall–Kier alpha value is -1.73. The molecular weight excluding hydrogens is 394 g/mol. The minimum atomic E-state index is 0.159. The second-order valence-corrected chi connectivity index (χ2v) is 9.89. The third-order valence-corrected chi connectivity index (χ3v) is 7.45. The maximum Gasteiger partial charge on any atom is 0.124 e. The van der Waals surface area contributed by atoms with Gasteiger partial charge in [0.1, 0.15) is 5.01 Å². The molecule has 0 radical (unpaired) electrons. The highest BCUT2D eigenvalue weighted by Gasteiger charge is 2.35. The topological polar surface area (TPSA) is 46.6 Å². The number of hydrogen-bond donors (Lipinski definition) is 1. The second-order valence-electron chi connectivity index (χ2n) is 8.81. The van der Waals surface area contributed by atoms with E-state index in [1.54, 1.807) is 11.3 Å². The molecule has 6 heteroatoms. The molecule has 2 heterocycles. The molecule has 1 aromatic carbocycles. The number of anilines is 1. The lowest BCUT2D eigenvalue weighted by atomic mass is 9.91. The van der Waals surface area contributed by atoms with Crippen molar-refractivity contribution in [2.45, 2.75) is 56.5 Å². The van der Waals surface area contributed by atoms with Crippen molar-refractivity contribution in [2.75, 3.05) is 32.1 Å². The molecule has 0 amide bonds. The molecule has 0 spiro atoms. The summed E-state index contributed by atoms with van der Waals surface area (Å²) in [6.45, 7) is 2.17. The van der Waals surface area contributed by atoms with Crippen LogP contribution in [0.25, 0.3) is 16.6 Å². The highest BCUT2D eigenvalue weighted by Crippen LogP contribution is 2.35. The van der Waals surface area contributed by atoms with Crippen molar-refractivity contribution < 1.29 is 9.47 Å². The summed E-state index contributed by atoms with van der Waals surface area (Å²) >= 11 is 1.80. The number of rotatable bonds is 6. The molecule has 1 saturated heterocycles. The Labute approximate surface area is 183 Å². The van der Waals surface area contributed by atoms with E-state index in [1.165, 1.54) is 16.1 Å². The van der Waals surface area contributed by atoms with Crippen molar-refractivity contribution in [1.82, 2.24) is 10.3 Å². The third-order valence-electron chi connectivity index (χ3n) is 6.30. The van der Waals surface area contributed by atoms with E-state index < -0.39 is 0 Å². The summed E-state index contributed by atoms with van der Waals surface area (Å²) < 4.78 is 12.6. The number of aromatic nitrogens is 1. The summed E-state index contributed by atoms with van der Waals surface area (Å²) in [7, 11) is 4.12. The van der Waals surface area contributed by atoms with E-state index in [4.69, 9.17) is 14.5 Å².